The van der Waals surface area contributed by atoms with Crippen molar-refractivity contribution >= 4 is 0 Å². The number of aliphatic hydroxyl groups is 1. The summed E-state index contributed by atoms with van der Waals surface area (Å²) in [6.07, 6.45) is 0. The van der Waals surface area contributed by atoms with Crippen molar-refractivity contribution in [3.8, 4) is 0 Å². The zero-order valence-corrected chi connectivity index (χ0v) is 8.37. The van der Waals surface area contributed by atoms with Gasteiger partial charge in [-0.1, -0.05) is 13.8 Å². The highest BCUT2D eigenvalue weighted by Crippen LogP contribution is 2.31. The Morgan fingerprint density at radius 2 is 2.15 bits per heavy atom. The molecule has 0 unspecified atom stereocenters. The van der Waals surface area contributed by atoms with E-state index in [1.165, 1.54) is 0 Å². The molecule has 1 atom stereocenters. The molecule has 74 valence electrons. The quantitative estimate of drug-likeness (QED) is 0.748. The van der Waals surface area contributed by atoms with Gasteiger partial charge in [0.15, 0.2) is 0 Å². The molecule has 3 nitrogen and oxygen atoms in total. The molecule has 1 rings (SSSR count). The number of nitrogens with two attached hydrogens (primary N) is 1. The number of rotatable bonds is 3. The molecule has 0 aromatic carbocycles. The summed E-state index contributed by atoms with van der Waals surface area (Å²) in [5, 5.41) is 9.11. The van der Waals surface area contributed by atoms with Crippen molar-refractivity contribution in [1.29, 1.82) is 0 Å². The minimum absolute atomic E-state index is 0.0495. The molecule has 3 heteroatoms. The Morgan fingerprint density at radius 1 is 1.54 bits per heavy atom. The molecule has 0 spiro atoms. The van der Waals surface area contributed by atoms with Crippen LogP contribution in [0.1, 0.15) is 31.4 Å². The highest BCUT2D eigenvalue weighted by molar-refractivity contribution is 5.11. The molecular weight excluding hydrogens is 166 g/mol. The van der Waals surface area contributed by atoms with Crippen LogP contribution in [-0.2, 0) is 0 Å². The van der Waals surface area contributed by atoms with Crippen LogP contribution in [0.15, 0.2) is 16.5 Å². The topological polar surface area (TPSA) is 59.4 Å². The van der Waals surface area contributed by atoms with Gasteiger partial charge in [0, 0.05) is 5.41 Å². The van der Waals surface area contributed by atoms with Crippen LogP contribution in [-0.4, -0.2) is 11.7 Å². The lowest BCUT2D eigenvalue weighted by molar-refractivity contribution is 0.122. The Balaban J connectivity index is 2.84. The molecule has 0 aliphatic rings. The highest BCUT2D eigenvalue weighted by Gasteiger charge is 2.29. The third-order valence-corrected chi connectivity index (χ3v) is 2.32. The van der Waals surface area contributed by atoms with Crippen molar-refractivity contribution in [3.05, 3.63) is 23.7 Å². The molecule has 0 amide bonds. The minimum Gasteiger partial charge on any atom is -0.465 e. The van der Waals surface area contributed by atoms with E-state index < -0.39 is 0 Å². The summed E-state index contributed by atoms with van der Waals surface area (Å²) in [5.41, 5.74) is 5.60. The first kappa shape index (κ1) is 10.3. The molecule has 1 aromatic rings. The summed E-state index contributed by atoms with van der Waals surface area (Å²) < 4.78 is 5.40. The van der Waals surface area contributed by atoms with Crippen molar-refractivity contribution in [2.24, 2.45) is 11.1 Å². The molecule has 1 aromatic heterocycles. The fourth-order valence-electron chi connectivity index (χ4n) is 1.10. The summed E-state index contributed by atoms with van der Waals surface area (Å²) in [4.78, 5) is 0. The van der Waals surface area contributed by atoms with Gasteiger partial charge in [0.25, 0.3) is 0 Å². The van der Waals surface area contributed by atoms with Gasteiger partial charge >= 0.3 is 0 Å². The predicted octanol–water partition coefficient (Wildman–Crippen LogP) is 1.61. The lowest BCUT2D eigenvalue weighted by Crippen LogP contribution is -2.32. The van der Waals surface area contributed by atoms with E-state index in [9.17, 15) is 0 Å². The fraction of sp³-hybridized carbons (Fsp3) is 0.600. The molecule has 0 bridgehead atoms. The molecule has 0 saturated carbocycles. The number of aryl methyl sites for hydroxylation is 1. The molecule has 3 N–H and O–H groups in total. The van der Waals surface area contributed by atoms with E-state index in [1.54, 1.807) is 0 Å². The molecule has 13 heavy (non-hydrogen) atoms. The summed E-state index contributed by atoms with van der Waals surface area (Å²) in [6, 6.07) is 3.48. The maximum atomic E-state index is 9.11. The van der Waals surface area contributed by atoms with E-state index in [2.05, 4.69) is 0 Å². The molecule has 0 fully saturated rings. The van der Waals surface area contributed by atoms with E-state index in [0.29, 0.717) is 0 Å². The predicted molar refractivity (Wildman–Crippen MR) is 51.2 cm³/mol. The van der Waals surface area contributed by atoms with Gasteiger partial charge in [-0.05, 0) is 19.1 Å². The van der Waals surface area contributed by atoms with E-state index in [4.69, 9.17) is 15.3 Å². The Morgan fingerprint density at radius 3 is 2.54 bits per heavy atom. The summed E-state index contributed by atoms with van der Waals surface area (Å²) in [7, 11) is 0. The van der Waals surface area contributed by atoms with Crippen molar-refractivity contribution in [2.75, 3.05) is 6.61 Å². The Kier molecular flexibility index (Phi) is 2.78. The van der Waals surface area contributed by atoms with Gasteiger partial charge in [0.1, 0.15) is 11.5 Å². The monoisotopic (exact) mass is 183 g/mol. The maximum Gasteiger partial charge on any atom is 0.121 e. The average Bonchev–Trinajstić information content (AvgIpc) is 2.50. The van der Waals surface area contributed by atoms with Gasteiger partial charge in [0.2, 0.25) is 0 Å². The van der Waals surface area contributed by atoms with Gasteiger partial charge < -0.3 is 15.3 Å². The Labute approximate surface area is 78.5 Å². The Bertz CT molecular complexity index is 278. The molecular formula is C10H17NO2. The normalized spacial score (nSPS) is 14.5. The standard InChI is InChI=1S/C10H17NO2/c1-7-4-5-8(13-7)9(11)10(2,3)6-12/h4-5,9,12H,6,11H2,1-3H3/t9-/m1/s1. The lowest BCUT2D eigenvalue weighted by atomic mass is 9.84. The van der Waals surface area contributed by atoms with Gasteiger partial charge in [-0.25, -0.2) is 0 Å². The molecule has 0 radical (unpaired) electrons. The third-order valence-electron chi connectivity index (χ3n) is 2.32. The van der Waals surface area contributed by atoms with Crippen LogP contribution >= 0.6 is 0 Å². The fourth-order valence-corrected chi connectivity index (χ4v) is 1.10. The van der Waals surface area contributed by atoms with E-state index in [1.807, 2.05) is 32.9 Å². The summed E-state index contributed by atoms with van der Waals surface area (Å²) in [6.45, 7) is 5.75. The van der Waals surface area contributed by atoms with Crippen LogP contribution in [0.5, 0.6) is 0 Å². The molecule has 0 aliphatic carbocycles. The molecule has 0 aliphatic heterocycles. The van der Waals surface area contributed by atoms with E-state index in [-0.39, 0.29) is 18.1 Å². The van der Waals surface area contributed by atoms with Gasteiger partial charge in [-0.2, -0.15) is 0 Å². The van der Waals surface area contributed by atoms with E-state index in [0.717, 1.165) is 11.5 Å². The lowest BCUT2D eigenvalue weighted by Gasteiger charge is -2.27. The molecule has 0 saturated heterocycles. The van der Waals surface area contributed by atoms with Gasteiger partial charge in [-0.3, -0.25) is 0 Å². The molecule has 1 heterocycles. The SMILES string of the molecule is Cc1ccc([C@@H](N)C(C)(C)CO)o1. The number of hydrogen-bond donors (Lipinski definition) is 2. The second-order valence-electron chi connectivity index (χ2n) is 4.07. The van der Waals surface area contributed by atoms with Crippen LogP contribution in [0.4, 0.5) is 0 Å². The first-order chi connectivity index (χ1) is 5.97. The minimum atomic E-state index is -0.343. The van der Waals surface area contributed by atoms with Crippen molar-refractivity contribution in [1.82, 2.24) is 0 Å². The zero-order chi connectivity index (χ0) is 10.1. The zero-order valence-electron chi connectivity index (χ0n) is 8.37. The average molecular weight is 183 g/mol. The van der Waals surface area contributed by atoms with Gasteiger partial charge in [0.05, 0.1) is 12.6 Å². The largest absolute Gasteiger partial charge is 0.465 e. The van der Waals surface area contributed by atoms with Crippen molar-refractivity contribution < 1.29 is 9.52 Å². The van der Waals surface area contributed by atoms with Crippen molar-refractivity contribution in [2.45, 2.75) is 26.8 Å². The second-order valence-corrected chi connectivity index (χ2v) is 4.07. The number of hydrogen-bond acceptors (Lipinski definition) is 3. The maximum absolute atomic E-state index is 9.11. The van der Waals surface area contributed by atoms with Crippen LogP contribution in [0, 0.1) is 12.3 Å². The second kappa shape index (κ2) is 3.52. The first-order valence-electron chi connectivity index (χ1n) is 4.40. The van der Waals surface area contributed by atoms with Crippen LogP contribution < -0.4 is 5.73 Å². The number of aliphatic hydroxyl groups excluding tert-OH is 1. The summed E-state index contributed by atoms with van der Waals surface area (Å²) in [5.74, 6) is 1.58. The summed E-state index contributed by atoms with van der Waals surface area (Å²) >= 11 is 0. The number of furan rings is 1. The Hall–Kier alpha value is -0.800. The van der Waals surface area contributed by atoms with E-state index >= 15 is 0 Å². The first-order valence-corrected chi connectivity index (χ1v) is 4.40. The van der Waals surface area contributed by atoms with Crippen LogP contribution in [0.25, 0.3) is 0 Å². The smallest absolute Gasteiger partial charge is 0.121 e. The van der Waals surface area contributed by atoms with Gasteiger partial charge in [-0.15, -0.1) is 0 Å². The third kappa shape index (κ3) is 2.11. The van der Waals surface area contributed by atoms with Crippen LogP contribution in [0.2, 0.25) is 0 Å². The highest BCUT2D eigenvalue weighted by atomic mass is 16.3. The van der Waals surface area contributed by atoms with Crippen molar-refractivity contribution in [3.63, 3.8) is 0 Å². The van der Waals surface area contributed by atoms with Crippen LogP contribution in [0.3, 0.4) is 0 Å².